The predicted octanol–water partition coefficient (Wildman–Crippen LogP) is 2.10. The minimum atomic E-state index is -0.563. The van der Waals surface area contributed by atoms with Crippen LogP contribution in [0.1, 0.15) is 10.4 Å². The van der Waals surface area contributed by atoms with Gasteiger partial charge < -0.3 is 15.6 Å². The van der Waals surface area contributed by atoms with Gasteiger partial charge in [0.05, 0.1) is 5.56 Å². The Kier molecular flexibility index (Phi) is 4.32. The second kappa shape index (κ2) is 6.95. The molecule has 2 amide bonds. The van der Waals surface area contributed by atoms with Crippen LogP contribution in [0.5, 0.6) is 0 Å². The number of fused-ring (bicyclic) bond motifs is 1. The maximum Gasteiger partial charge on any atom is 0.250 e. The van der Waals surface area contributed by atoms with Crippen LogP contribution in [0.25, 0.3) is 16.7 Å². The standard InChI is InChI=1S/C19H15FN6O2/c20-14-5-3-8-22-19(14)26-9-7-16(24-26)23-17(27)11-25-10-13(18(21)28)12-4-1-2-6-15(12)25/h1-10H,11H2,(H2,21,28)(H,23,24,27). The lowest BCUT2D eigenvalue weighted by molar-refractivity contribution is -0.116. The molecule has 9 heteroatoms. The summed E-state index contributed by atoms with van der Waals surface area (Å²) in [6.07, 6.45) is 4.50. The predicted molar refractivity (Wildman–Crippen MR) is 100 cm³/mol. The summed E-state index contributed by atoms with van der Waals surface area (Å²) in [7, 11) is 0. The Balaban J connectivity index is 1.54. The third-order valence-corrected chi connectivity index (χ3v) is 4.18. The second-order valence-electron chi connectivity index (χ2n) is 6.05. The van der Waals surface area contributed by atoms with Crippen molar-refractivity contribution >= 4 is 28.5 Å². The van der Waals surface area contributed by atoms with E-state index in [1.165, 1.54) is 35.3 Å². The summed E-state index contributed by atoms with van der Waals surface area (Å²) in [4.78, 5) is 28.0. The molecule has 0 aliphatic rings. The van der Waals surface area contributed by atoms with Gasteiger partial charge in [-0.15, -0.1) is 5.10 Å². The van der Waals surface area contributed by atoms with Crippen molar-refractivity contribution in [2.75, 3.05) is 5.32 Å². The summed E-state index contributed by atoms with van der Waals surface area (Å²) in [5.74, 6) is -1.16. The van der Waals surface area contributed by atoms with E-state index in [1.54, 1.807) is 29.0 Å². The fourth-order valence-corrected chi connectivity index (χ4v) is 2.97. The number of primary amides is 1. The number of hydrogen-bond donors (Lipinski definition) is 2. The normalized spacial score (nSPS) is 10.9. The van der Waals surface area contributed by atoms with Gasteiger partial charge in [-0.3, -0.25) is 9.59 Å². The zero-order valence-electron chi connectivity index (χ0n) is 14.5. The number of pyridine rings is 1. The average molecular weight is 378 g/mol. The van der Waals surface area contributed by atoms with Crippen molar-refractivity contribution in [1.29, 1.82) is 0 Å². The minimum Gasteiger partial charge on any atom is -0.366 e. The molecule has 0 saturated carbocycles. The molecule has 1 aromatic carbocycles. The van der Waals surface area contributed by atoms with Crippen LogP contribution in [0.3, 0.4) is 0 Å². The highest BCUT2D eigenvalue weighted by Gasteiger charge is 2.15. The fourth-order valence-electron chi connectivity index (χ4n) is 2.97. The smallest absolute Gasteiger partial charge is 0.250 e. The lowest BCUT2D eigenvalue weighted by Gasteiger charge is -2.05. The molecule has 3 N–H and O–H groups in total. The Hall–Kier alpha value is -4.01. The third kappa shape index (κ3) is 3.20. The Morgan fingerprint density at radius 2 is 1.96 bits per heavy atom. The van der Waals surface area contributed by atoms with Crippen molar-refractivity contribution in [3.05, 3.63) is 72.4 Å². The van der Waals surface area contributed by atoms with Crippen LogP contribution in [-0.4, -0.2) is 31.1 Å². The Morgan fingerprint density at radius 3 is 2.75 bits per heavy atom. The van der Waals surface area contributed by atoms with Gasteiger partial charge in [-0.25, -0.2) is 14.1 Å². The summed E-state index contributed by atoms with van der Waals surface area (Å²) in [6.45, 7) is -0.0431. The number of aromatic nitrogens is 4. The van der Waals surface area contributed by atoms with Gasteiger partial charge in [0.25, 0.3) is 5.91 Å². The van der Waals surface area contributed by atoms with E-state index in [0.29, 0.717) is 16.5 Å². The molecule has 8 nitrogen and oxygen atoms in total. The van der Waals surface area contributed by atoms with Crippen molar-refractivity contribution in [1.82, 2.24) is 19.3 Å². The Labute approximate surface area is 158 Å². The van der Waals surface area contributed by atoms with E-state index in [0.717, 1.165) is 0 Å². The van der Waals surface area contributed by atoms with E-state index in [2.05, 4.69) is 15.4 Å². The summed E-state index contributed by atoms with van der Waals surface area (Å²) in [5, 5.41) is 7.44. The van der Waals surface area contributed by atoms with Gasteiger partial charge in [0.15, 0.2) is 17.5 Å². The number of nitrogens with zero attached hydrogens (tertiary/aromatic N) is 4. The van der Waals surface area contributed by atoms with E-state index in [4.69, 9.17) is 5.73 Å². The SMILES string of the molecule is NC(=O)c1cn(CC(=O)Nc2ccn(-c3ncccc3F)n2)c2ccccc12. The van der Waals surface area contributed by atoms with Gasteiger partial charge in [-0.05, 0) is 18.2 Å². The lowest BCUT2D eigenvalue weighted by atomic mass is 10.2. The number of halogens is 1. The van der Waals surface area contributed by atoms with Crippen LogP contribution in [-0.2, 0) is 11.3 Å². The molecule has 28 heavy (non-hydrogen) atoms. The average Bonchev–Trinajstić information content (AvgIpc) is 3.27. The zero-order valence-corrected chi connectivity index (χ0v) is 14.5. The number of rotatable bonds is 5. The van der Waals surface area contributed by atoms with Gasteiger partial charge >= 0.3 is 0 Å². The van der Waals surface area contributed by atoms with Crippen molar-refractivity contribution in [3.8, 4) is 5.82 Å². The maximum absolute atomic E-state index is 13.8. The molecule has 3 heterocycles. The van der Waals surface area contributed by atoms with Gasteiger partial charge in [0.2, 0.25) is 5.91 Å². The van der Waals surface area contributed by atoms with Crippen molar-refractivity contribution < 1.29 is 14.0 Å². The molecule has 0 aliphatic carbocycles. The number of para-hydroxylation sites is 1. The van der Waals surface area contributed by atoms with Crippen LogP contribution in [0.15, 0.2) is 61.1 Å². The first-order chi connectivity index (χ1) is 13.5. The molecule has 0 radical (unpaired) electrons. The quantitative estimate of drug-likeness (QED) is 0.554. The molecule has 140 valence electrons. The summed E-state index contributed by atoms with van der Waals surface area (Å²) in [6, 6.07) is 11.5. The topological polar surface area (TPSA) is 108 Å². The number of anilines is 1. The fraction of sp³-hybridized carbons (Fsp3) is 0.0526. The van der Waals surface area contributed by atoms with Crippen LogP contribution in [0.4, 0.5) is 10.2 Å². The van der Waals surface area contributed by atoms with E-state index in [-0.39, 0.29) is 24.1 Å². The highest BCUT2D eigenvalue weighted by atomic mass is 19.1. The molecule has 0 fully saturated rings. The molecule has 0 saturated heterocycles. The maximum atomic E-state index is 13.8. The molecule has 0 aliphatic heterocycles. The highest BCUT2D eigenvalue weighted by molar-refractivity contribution is 6.06. The largest absolute Gasteiger partial charge is 0.366 e. The number of nitrogens with one attached hydrogen (secondary N) is 1. The van der Waals surface area contributed by atoms with Crippen LogP contribution < -0.4 is 11.1 Å². The molecular formula is C19H15FN6O2. The number of carbonyl (C=O) groups excluding carboxylic acids is 2. The van der Waals surface area contributed by atoms with Crippen LogP contribution in [0.2, 0.25) is 0 Å². The molecule has 4 rings (SSSR count). The summed E-state index contributed by atoms with van der Waals surface area (Å²) < 4.78 is 16.7. The molecule has 0 atom stereocenters. The molecule has 3 aromatic heterocycles. The number of hydrogen-bond acceptors (Lipinski definition) is 4. The van der Waals surface area contributed by atoms with Gasteiger partial charge in [0.1, 0.15) is 6.54 Å². The van der Waals surface area contributed by atoms with E-state index >= 15 is 0 Å². The summed E-state index contributed by atoms with van der Waals surface area (Å²) >= 11 is 0. The first-order valence-electron chi connectivity index (χ1n) is 8.37. The molecule has 0 unspecified atom stereocenters. The first kappa shape index (κ1) is 17.4. The van der Waals surface area contributed by atoms with Crippen molar-refractivity contribution in [3.63, 3.8) is 0 Å². The molecule has 0 spiro atoms. The van der Waals surface area contributed by atoms with Crippen LogP contribution in [0, 0.1) is 5.82 Å². The van der Waals surface area contributed by atoms with E-state index in [1.807, 2.05) is 6.07 Å². The molecule has 4 aromatic rings. The van der Waals surface area contributed by atoms with Gasteiger partial charge in [-0.2, -0.15) is 0 Å². The minimum absolute atomic E-state index is 0.0329. The second-order valence-corrected chi connectivity index (χ2v) is 6.05. The van der Waals surface area contributed by atoms with Gasteiger partial charge in [0, 0.05) is 35.6 Å². The lowest BCUT2D eigenvalue weighted by Crippen LogP contribution is -2.19. The van der Waals surface area contributed by atoms with Crippen molar-refractivity contribution in [2.24, 2.45) is 5.73 Å². The monoisotopic (exact) mass is 378 g/mol. The van der Waals surface area contributed by atoms with E-state index in [9.17, 15) is 14.0 Å². The zero-order chi connectivity index (χ0) is 19.7. The Morgan fingerprint density at radius 1 is 1.14 bits per heavy atom. The van der Waals surface area contributed by atoms with Crippen molar-refractivity contribution in [2.45, 2.75) is 6.54 Å². The third-order valence-electron chi connectivity index (χ3n) is 4.18. The Bertz CT molecular complexity index is 1200. The number of carbonyl (C=O) groups is 2. The van der Waals surface area contributed by atoms with Gasteiger partial charge in [-0.1, -0.05) is 18.2 Å². The number of nitrogens with two attached hydrogens (primary N) is 1. The highest BCUT2D eigenvalue weighted by Crippen LogP contribution is 2.21. The molecule has 0 bridgehead atoms. The first-order valence-corrected chi connectivity index (χ1v) is 8.37. The summed E-state index contributed by atoms with van der Waals surface area (Å²) in [5.41, 5.74) is 6.48. The van der Waals surface area contributed by atoms with E-state index < -0.39 is 11.7 Å². The number of benzene rings is 1. The van der Waals surface area contributed by atoms with Crippen LogP contribution >= 0.6 is 0 Å². The molecular weight excluding hydrogens is 363 g/mol. The number of amides is 2.